The summed E-state index contributed by atoms with van der Waals surface area (Å²) in [6.07, 6.45) is 5.00. The van der Waals surface area contributed by atoms with Crippen molar-refractivity contribution in [3.63, 3.8) is 0 Å². The molecule has 4 heteroatoms. The highest BCUT2D eigenvalue weighted by atomic mass is 19.1. The van der Waals surface area contributed by atoms with Crippen LogP contribution in [0.5, 0.6) is 0 Å². The van der Waals surface area contributed by atoms with E-state index in [9.17, 15) is 4.39 Å². The molecule has 3 nitrogen and oxygen atoms in total. The van der Waals surface area contributed by atoms with E-state index >= 15 is 0 Å². The Kier molecular flexibility index (Phi) is 5.96. The van der Waals surface area contributed by atoms with Crippen LogP contribution in [0.3, 0.4) is 0 Å². The average Bonchev–Trinajstić information content (AvgIpc) is 2.28. The normalized spacial score (nSPS) is 12.7. The zero-order chi connectivity index (χ0) is 11.8. The van der Waals surface area contributed by atoms with Crippen LogP contribution in [0.25, 0.3) is 0 Å². The molecule has 1 unspecified atom stereocenters. The van der Waals surface area contributed by atoms with E-state index in [0.29, 0.717) is 0 Å². The SMILES string of the molecule is COCCCCNC(C)c1cncc(F)c1. The minimum absolute atomic E-state index is 0.130. The van der Waals surface area contributed by atoms with Gasteiger partial charge in [0.15, 0.2) is 0 Å². The second-order valence-corrected chi connectivity index (χ2v) is 3.81. The maximum Gasteiger partial charge on any atom is 0.141 e. The highest BCUT2D eigenvalue weighted by Gasteiger charge is 2.05. The summed E-state index contributed by atoms with van der Waals surface area (Å²) < 4.78 is 17.9. The average molecular weight is 226 g/mol. The van der Waals surface area contributed by atoms with E-state index in [-0.39, 0.29) is 11.9 Å². The Labute approximate surface area is 96.0 Å². The molecule has 1 aromatic rings. The first kappa shape index (κ1) is 13.1. The molecule has 90 valence electrons. The molecule has 1 heterocycles. The summed E-state index contributed by atoms with van der Waals surface area (Å²) in [6.45, 7) is 3.70. The van der Waals surface area contributed by atoms with E-state index in [1.165, 1.54) is 12.3 Å². The molecule has 0 saturated carbocycles. The minimum atomic E-state index is -0.287. The Morgan fingerprint density at radius 3 is 2.94 bits per heavy atom. The van der Waals surface area contributed by atoms with Crippen LogP contribution in [0, 0.1) is 5.82 Å². The lowest BCUT2D eigenvalue weighted by Crippen LogP contribution is -2.20. The van der Waals surface area contributed by atoms with Crippen molar-refractivity contribution in [3.8, 4) is 0 Å². The first-order valence-electron chi connectivity index (χ1n) is 5.57. The summed E-state index contributed by atoms with van der Waals surface area (Å²) in [5.74, 6) is -0.287. The number of rotatable bonds is 7. The molecule has 1 N–H and O–H groups in total. The third-order valence-electron chi connectivity index (χ3n) is 2.45. The van der Waals surface area contributed by atoms with Gasteiger partial charge in [-0.2, -0.15) is 0 Å². The third-order valence-corrected chi connectivity index (χ3v) is 2.45. The molecule has 1 aromatic heterocycles. The van der Waals surface area contributed by atoms with Gasteiger partial charge < -0.3 is 10.1 Å². The van der Waals surface area contributed by atoms with Crippen molar-refractivity contribution in [2.75, 3.05) is 20.3 Å². The predicted octanol–water partition coefficient (Wildman–Crippen LogP) is 2.30. The molecule has 0 aromatic carbocycles. The van der Waals surface area contributed by atoms with Crippen LogP contribution in [0.2, 0.25) is 0 Å². The van der Waals surface area contributed by atoms with Crippen LogP contribution < -0.4 is 5.32 Å². The zero-order valence-electron chi connectivity index (χ0n) is 9.87. The van der Waals surface area contributed by atoms with Crippen LogP contribution in [0.1, 0.15) is 31.4 Å². The van der Waals surface area contributed by atoms with E-state index in [4.69, 9.17) is 4.74 Å². The Balaban J connectivity index is 2.27. The molecule has 0 aliphatic carbocycles. The molecule has 0 aliphatic heterocycles. The van der Waals surface area contributed by atoms with Gasteiger partial charge in [0, 0.05) is 26.0 Å². The van der Waals surface area contributed by atoms with Gasteiger partial charge in [0.2, 0.25) is 0 Å². The summed E-state index contributed by atoms with van der Waals surface area (Å²) >= 11 is 0. The van der Waals surface area contributed by atoms with Crippen molar-refractivity contribution in [2.45, 2.75) is 25.8 Å². The van der Waals surface area contributed by atoms with Gasteiger partial charge in [-0.1, -0.05) is 0 Å². The Hall–Kier alpha value is -1.00. The standard InChI is InChI=1S/C12H19FN2O/c1-10(15-5-3-4-6-16-2)11-7-12(13)9-14-8-11/h7-10,15H,3-6H2,1-2H3. The molecule has 0 amide bonds. The molecule has 0 fully saturated rings. The third kappa shape index (κ3) is 4.68. The number of hydrogen-bond donors (Lipinski definition) is 1. The van der Waals surface area contributed by atoms with E-state index in [2.05, 4.69) is 10.3 Å². The molecule has 0 saturated heterocycles. The summed E-state index contributed by atoms with van der Waals surface area (Å²) in [4.78, 5) is 3.83. The van der Waals surface area contributed by atoms with Crippen LogP contribution in [0.4, 0.5) is 4.39 Å². The van der Waals surface area contributed by atoms with Gasteiger partial charge in [0.05, 0.1) is 6.20 Å². The topological polar surface area (TPSA) is 34.1 Å². The van der Waals surface area contributed by atoms with Crippen molar-refractivity contribution in [2.24, 2.45) is 0 Å². The summed E-state index contributed by atoms with van der Waals surface area (Å²) in [6, 6.07) is 1.64. The molecule has 0 spiro atoms. The van der Waals surface area contributed by atoms with Gasteiger partial charge >= 0.3 is 0 Å². The lowest BCUT2D eigenvalue weighted by molar-refractivity contribution is 0.192. The fourth-order valence-corrected chi connectivity index (χ4v) is 1.47. The van der Waals surface area contributed by atoms with Gasteiger partial charge in [-0.25, -0.2) is 4.39 Å². The largest absolute Gasteiger partial charge is 0.385 e. The van der Waals surface area contributed by atoms with Gasteiger partial charge in [0.25, 0.3) is 0 Å². The van der Waals surface area contributed by atoms with Gasteiger partial charge in [-0.15, -0.1) is 0 Å². The van der Waals surface area contributed by atoms with Crippen LogP contribution in [-0.4, -0.2) is 25.2 Å². The van der Waals surface area contributed by atoms with Crippen LogP contribution in [0.15, 0.2) is 18.5 Å². The van der Waals surface area contributed by atoms with Crippen molar-refractivity contribution < 1.29 is 9.13 Å². The number of ether oxygens (including phenoxy) is 1. The number of unbranched alkanes of at least 4 members (excludes halogenated alkanes) is 1. The Morgan fingerprint density at radius 1 is 1.44 bits per heavy atom. The highest BCUT2D eigenvalue weighted by molar-refractivity contribution is 5.13. The molecule has 0 aliphatic rings. The molecule has 0 bridgehead atoms. The number of halogens is 1. The molecule has 1 rings (SSSR count). The van der Waals surface area contributed by atoms with Crippen LogP contribution in [-0.2, 0) is 4.74 Å². The fourth-order valence-electron chi connectivity index (χ4n) is 1.47. The molecule has 1 atom stereocenters. The van der Waals surface area contributed by atoms with E-state index < -0.39 is 0 Å². The number of methoxy groups -OCH3 is 1. The van der Waals surface area contributed by atoms with Crippen molar-refractivity contribution in [1.82, 2.24) is 10.3 Å². The van der Waals surface area contributed by atoms with Gasteiger partial charge in [0.1, 0.15) is 5.82 Å². The van der Waals surface area contributed by atoms with Gasteiger partial charge in [-0.3, -0.25) is 4.98 Å². The van der Waals surface area contributed by atoms with E-state index in [1.807, 2.05) is 6.92 Å². The first-order valence-corrected chi connectivity index (χ1v) is 5.57. The molecular formula is C12H19FN2O. The summed E-state index contributed by atoms with van der Waals surface area (Å²) in [5.41, 5.74) is 0.881. The summed E-state index contributed by atoms with van der Waals surface area (Å²) in [7, 11) is 1.70. The Bertz CT molecular complexity index is 307. The quantitative estimate of drug-likeness (QED) is 0.724. The fraction of sp³-hybridized carbons (Fsp3) is 0.583. The number of aromatic nitrogens is 1. The van der Waals surface area contributed by atoms with Crippen molar-refractivity contribution in [1.29, 1.82) is 0 Å². The maximum absolute atomic E-state index is 12.9. The number of pyridine rings is 1. The lowest BCUT2D eigenvalue weighted by atomic mass is 10.1. The first-order chi connectivity index (χ1) is 7.74. The zero-order valence-corrected chi connectivity index (χ0v) is 9.87. The van der Waals surface area contributed by atoms with E-state index in [1.54, 1.807) is 13.3 Å². The summed E-state index contributed by atoms with van der Waals surface area (Å²) in [5, 5.41) is 3.32. The van der Waals surface area contributed by atoms with E-state index in [0.717, 1.165) is 31.6 Å². The monoisotopic (exact) mass is 226 g/mol. The number of nitrogens with one attached hydrogen (secondary N) is 1. The highest BCUT2D eigenvalue weighted by Crippen LogP contribution is 2.11. The van der Waals surface area contributed by atoms with Crippen LogP contribution >= 0.6 is 0 Å². The van der Waals surface area contributed by atoms with Crippen molar-refractivity contribution in [3.05, 3.63) is 29.8 Å². The smallest absolute Gasteiger partial charge is 0.141 e. The molecule has 0 radical (unpaired) electrons. The predicted molar refractivity (Wildman–Crippen MR) is 61.7 cm³/mol. The second-order valence-electron chi connectivity index (χ2n) is 3.81. The molecular weight excluding hydrogens is 207 g/mol. The maximum atomic E-state index is 12.9. The van der Waals surface area contributed by atoms with Gasteiger partial charge in [-0.05, 0) is 37.9 Å². The minimum Gasteiger partial charge on any atom is -0.385 e. The Morgan fingerprint density at radius 2 is 2.25 bits per heavy atom. The number of nitrogens with zero attached hydrogens (tertiary/aromatic N) is 1. The van der Waals surface area contributed by atoms with Crippen molar-refractivity contribution >= 4 is 0 Å². The second kappa shape index (κ2) is 7.30. The lowest BCUT2D eigenvalue weighted by Gasteiger charge is -2.13. The molecule has 16 heavy (non-hydrogen) atoms. The number of hydrogen-bond acceptors (Lipinski definition) is 3.